The van der Waals surface area contributed by atoms with Crippen LogP contribution in [0, 0.1) is 24.5 Å². The van der Waals surface area contributed by atoms with E-state index < -0.39 is 17.2 Å². The van der Waals surface area contributed by atoms with Gasteiger partial charge in [-0.1, -0.05) is 12.1 Å². The second-order valence-electron chi connectivity index (χ2n) is 13.3. The Hall–Kier alpha value is -3.76. The minimum atomic E-state index is -0.574. The molecule has 0 N–H and O–H groups in total. The van der Waals surface area contributed by atoms with Crippen molar-refractivity contribution in [1.82, 2.24) is 24.6 Å². The molecular weight excluding hydrogens is 576 g/mol. The van der Waals surface area contributed by atoms with Crippen LogP contribution >= 0.6 is 0 Å². The molecule has 1 aliphatic carbocycles. The Morgan fingerprint density at radius 3 is 2.44 bits per heavy atom. The molecule has 2 aliphatic rings. The summed E-state index contributed by atoms with van der Waals surface area (Å²) in [5, 5.41) is 4.83. The topological polar surface area (TPSA) is 82.4 Å². The predicted molar refractivity (Wildman–Crippen MR) is 168 cm³/mol. The second kappa shape index (κ2) is 12.9. The number of ether oxygens (including phenoxy) is 2. The summed E-state index contributed by atoms with van der Waals surface area (Å²) in [5.41, 5.74) is 4.21. The average molecular weight is 618 g/mol. The highest BCUT2D eigenvalue weighted by molar-refractivity contribution is 5.92. The molecule has 0 unspecified atom stereocenters. The maximum absolute atomic E-state index is 15.3. The molecule has 2 aromatic carbocycles. The van der Waals surface area contributed by atoms with E-state index in [0.717, 1.165) is 36.9 Å². The number of para-hydroxylation sites is 1. The number of aryl methyl sites for hydroxylation is 1. The molecule has 2 aromatic heterocycles. The summed E-state index contributed by atoms with van der Waals surface area (Å²) in [7, 11) is 0. The van der Waals surface area contributed by atoms with Crippen molar-refractivity contribution in [2.24, 2.45) is 5.92 Å². The Bertz CT molecular complexity index is 1660. The monoisotopic (exact) mass is 617 g/mol. The van der Waals surface area contributed by atoms with E-state index in [2.05, 4.69) is 4.98 Å². The van der Waals surface area contributed by atoms with Gasteiger partial charge >= 0.3 is 5.97 Å². The Morgan fingerprint density at radius 1 is 1.04 bits per heavy atom. The highest BCUT2D eigenvalue weighted by Crippen LogP contribution is 2.36. The van der Waals surface area contributed by atoms with Crippen LogP contribution in [0.5, 0.6) is 0 Å². The van der Waals surface area contributed by atoms with Gasteiger partial charge in [-0.2, -0.15) is 5.10 Å². The molecule has 1 aliphatic heterocycles. The quantitative estimate of drug-likeness (QED) is 0.206. The van der Waals surface area contributed by atoms with Crippen LogP contribution in [-0.2, 0) is 20.8 Å². The number of nitrogens with zero attached hydrogens (tertiary/aromatic N) is 5. The fraction of sp³-hybridized carbons (Fsp3) is 0.486. The maximum atomic E-state index is 15.3. The van der Waals surface area contributed by atoms with Crippen molar-refractivity contribution in [2.45, 2.75) is 78.0 Å². The molecule has 1 saturated carbocycles. The Kier molecular flexibility index (Phi) is 8.97. The number of halogens is 2. The molecule has 6 rings (SSSR count). The van der Waals surface area contributed by atoms with Crippen LogP contribution in [0.4, 0.5) is 8.78 Å². The van der Waals surface area contributed by atoms with Gasteiger partial charge in [0, 0.05) is 48.9 Å². The summed E-state index contributed by atoms with van der Waals surface area (Å²) < 4.78 is 43.5. The number of carbonyl (C=O) groups is 1. The van der Waals surface area contributed by atoms with Crippen LogP contribution in [0.1, 0.15) is 70.2 Å². The fourth-order valence-electron chi connectivity index (χ4n) is 6.44. The number of hydrogen-bond donors (Lipinski definition) is 0. The van der Waals surface area contributed by atoms with Crippen molar-refractivity contribution in [2.75, 3.05) is 26.3 Å². The lowest BCUT2D eigenvalue weighted by atomic mass is 9.84. The van der Waals surface area contributed by atoms with E-state index in [-0.39, 0.29) is 24.1 Å². The summed E-state index contributed by atoms with van der Waals surface area (Å²) >= 11 is 0. The summed E-state index contributed by atoms with van der Waals surface area (Å²) in [6, 6.07) is 8.52. The van der Waals surface area contributed by atoms with Gasteiger partial charge < -0.3 is 9.47 Å². The molecule has 0 atom stereocenters. The zero-order valence-corrected chi connectivity index (χ0v) is 26.5. The molecule has 3 heterocycles. The molecule has 45 heavy (non-hydrogen) atoms. The SMILES string of the molecule is Cc1nn(C2CCC(CC(=O)OC(C)(C)C)CC2)cc1-c1cnc2cccc(-c3cc(F)c(CN4CCOCC4)c(F)c3)c2n1. The zero-order valence-electron chi connectivity index (χ0n) is 26.5. The predicted octanol–water partition coefficient (Wildman–Crippen LogP) is 7.04. The van der Waals surface area contributed by atoms with Gasteiger partial charge in [0.15, 0.2) is 0 Å². The third kappa shape index (κ3) is 7.23. The smallest absolute Gasteiger partial charge is 0.306 e. The van der Waals surface area contributed by atoms with Crippen LogP contribution in [-0.4, -0.2) is 62.5 Å². The van der Waals surface area contributed by atoms with E-state index in [9.17, 15) is 4.79 Å². The lowest BCUT2D eigenvalue weighted by Gasteiger charge is -2.29. The first-order valence-corrected chi connectivity index (χ1v) is 15.9. The van der Waals surface area contributed by atoms with Gasteiger partial charge in [-0.3, -0.25) is 19.4 Å². The van der Waals surface area contributed by atoms with Gasteiger partial charge in [0.05, 0.1) is 47.9 Å². The van der Waals surface area contributed by atoms with Crippen molar-refractivity contribution in [3.8, 4) is 22.4 Å². The van der Waals surface area contributed by atoms with E-state index in [1.54, 1.807) is 6.20 Å². The van der Waals surface area contributed by atoms with Crippen molar-refractivity contribution in [3.63, 3.8) is 0 Å². The van der Waals surface area contributed by atoms with Crippen LogP contribution in [0.15, 0.2) is 42.7 Å². The highest BCUT2D eigenvalue weighted by atomic mass is 19.1. The lowest BCUT2D eigenvalue weighted by Crippen LogP contribution is -2.36. The minimum absolute atomic E-state index is 0.0644. The van der Waals surface area contributed by atoms with Crippen LogP contribution in [0.3, 0.4) is 0 Å². The number of aromatic nitrogens is 4. The molecule has 2 fully saturated rings. The number of morpholine rings is 1. The summed E-state index contributed by atoms with van der Waals surface area (Å²) in [6.07, 6.45) is 7.94. The van der Waals surface area contributed by atoms with Crippen LogP contribution in [0.2, 0.25) is 0 Å². The number of carbonyl (C=O) groups excluding carboxylic acids is 1. The first kappa shape index (κ1) is 31.2. The number of benzene rings is 2. The first-order chi connectivity index (χ1) is 21.5. The fourth-order valence-corrected chi connectivity index (χ4v) is 6.44. The Morgan fingerprint density at radius 2 is 1.76 bits per heavy atom. The van der Waals surface area contributed by atoms with Crippen LogP contribution in [0.25, 0.3) is 33.4 Å². The highest BCUT2D eigenvalue weighted by Gasteiger charge is 2.27. The van der Waals surface area contributed by atoms with E-state index in [0.29, 0.717) is 66.5 Å². The molecular formula is C35H41F2N5O3. The van der Waals surface area contributed by atoms with Crippen molar-refractivity contribution in [3.05, 3.63) is 65.6 Å². The number of fused-ring (bicyclic) bond motifs is 1. The largest absolute Gasteiger partial charge is 0.460 e. The summed E-state index contributed by atoms with van der Waals surface area (Å²) in [4.78, 5) is 23.9. The lowest BCUT2D eigenvalue weighted by molar-refractivity contribution is -0.156. The third-order valence-corrected chi connectivity index (χ3v) is 8.77. The van der Waals surface area contributed by atoms with E-state index in [4.69, 9.17) is 19.6 Å². The molecule has 0 radical (unpaired) electrons. The maximum Gasteiger partial charge on any atom is 0.306 e. The normalized spacial score (nSPS) is 19.6. The minimum Gasteiger partial charge on any atom is -0.460 e. The van der Waals surface area contributed by atoms with Gasteiger partial charge in [-0.25, -0.2) is 13.8 Å². The van der Waals surface area contributed by atoms with Gasteiger partial charge in [0.2, 0.25) is 0 Å². The summed E-state index contributed by atoms with van der Waals surface area (Å²) in [6.45, 7) is 10.3. The van der Waals surface area contributed by atoms with Gasteiger partial charge in [0.1, 0.15) is 17.2 Å². The molecule has 1 saturated heterocycles. The van der Waals surface area contributed by atoms with Crippen LogP contribution < -0.4 is 0 Å². The summed E-state index contributed by atoms with van der Waals surface area (Å²) in [5.74, 6) is -0.960. The van der Waals surface area contributed by atoms with Crippen molar-refractivity contribution < 1.29 is 23.0 Å². The Balaban J connectivity index is 1.21. The molecule has 0 amide bonds. The van der Waals surface area contributed by atoms with Gasteiger partial charge in [0.25, 0.3) is 0 Å². The molecule has 10 heteroatoms. The first-order valence-electron chi connectivity index (χ1n) is 15.9. The molecule has 238 valence electrons. The average Bonchev–Trinajstić information content (AvgIpc) is 3.39. The van der Waals surface area contributed by atoms with Gasteiger partial charge in [-0.15, -0.1) is 0 Å². The third-order valence-electron chi connectivity index (χ3n) is 8.77. The van der Waals surface area contributed by atoms with E-state index in [1.165, 1.54) is 12.1 Å². The number of esters is 1. The molecule has 0 spiro atoms. The zero-order chi connectivity index (χ0) is 31.7. The van der Waals surface area contributed by atoms with Gasteiger partial charge in [-0.05, 0) is 83.1 Å². The standard InChI is InChI=1S/C35H41F2N5O3/c1-22-27(21-42(40-22)25-10-8-23(9-11-25)16-33(43)45-35(2,3)4)32-19-38-31-7-5-6-26(34(31)39-32)24-17-29(36)28(30(37)18-24)20-41-12-14-44-15-13-41/h5-7,17-19,21,23,25H,8-16,20H2,1-4H3. The van der Waals surface area contributed by atoms with E-state index >= 15 is 8.78 Å². The number of hydrogen-bond acceptors (Lipinski definition) is 7. The van der Waals surface area contributed by atoms with Crippen molar-refractivity contribution >= 4 is 17.0 Å². The Labute approximate surface area is 262 Å². The van der Waals surface area contributed by atoms with Crippen molar-refractivity contribution in [1.29, 1.82) is 0 Å². The molecule has 4 aromatic rings. The number of rotatable bonds is 7. The second-order valence-corrected chi connectivity index (χ2v) is 13.3. The molecule has 8 nitrogen and oxygen atoms in total. The molecule has 0 bridgehead atoms. The van der Waals surface area contributed by atoms with E-state index in [1.807, 2.05) is 61.7 Å².